The van der Waals surface area contributed by atoms with Gasteiger partial charge in [-0.15, -0.1) is 0 Å². The smallest absolute Gasteiger partial charge is 0.100 e. The Bertz CT molecular complexity index is 660. The van der Waals surface area contributed by atoms with Gasteiger partial charge < -0.3 is 9.47 Å². The van der Waals surface area contributed by atoms with Crippen LogP contribution in [-0.2, 0) is 29.7 Å². The van der Waals surface area contributed by atoms with Crippen molar-refractivity contribution in [2.45, 2.75) is 44.2 Å². The molecule has 0 saturated carbocycles. The summed E-state index contributed by atoms with van der Waals surface area (Å²) in [5.74, 6) is 0. The van der Waals surface area contributed by atoms with Gasteiger partial charge in [-0.3, -0.25) is 14.6 Å². The van der Waals surface area contributed by atoms with Gasteiger partial charge >= 0.3 is 0 Å². The van der Waals surface area contributed by atoms with Crippen LogP contribution in [0.1, 0.15) is 24.1 Å². The summed E-state index contributed by atoms with van der Waals surface area (Å²) in [6.45, 7) is 3.18. The van der Waals surface area contributed by atoms with E-state index < -0.39 is 0 Å². The maximum atomic E-state index is 6.18. The molecule has 0 bridgehead atoms. The lowest BCUT2D eigenvalue weighted by Gasteiger charge is -2.32. The molecule has 2 aromatic rings. The van der Waals surface area contributed by atoms with Crippen LogP contribution in [0.5, 0.6) is 0 Å². The van der Waals surface area contributed by atoms with Crippen LogP contribution in [0.4, 0.5) is 0 Å². The number of fused-ring (bicyclic) bond motifs is 1. The minimum absolute atomic E-state index is 0.106. The number of rotatable bonds is 5. The van der Waals surface area contributed by atoms with E-state index in [2.05, 4.69) is 21.2 Å². The normalized spacial score (nSPS) is 27.3. The van der Waals surface area contributed by atoms with Crippen LogP contribution >= 0.6 is 0 Å². The maximum Gasteiger partial charge on any atom is 0.100 e. The number of nitrogens with zero attached hydrogens (tertiary/aromatic N) is 4. The lowest BCUT2D eigenvalue weighted by atomic mass is 10.0. The van der Waals surface area contributed by atoms with E-state index in [0.717, 1.165) is 31.8 Å². The van der Waals surface area contributed by atoms with E-state index in [4.69, 9.17) is 9.47 Å². The van der Waals surface area contributed by atoms with Gasteiger partial charge in [0.05, 0.1) is 24.6 Å². The van der Waals surface area contributed by atoms with Gasteiger partial charge in [0.1, 0.15) is 6.10 Å². The van der Waals surface area contributed by atoms with Crippen molar-refractivity contribution < 1.29 is 9.47 Å². The molecule has 0 amide bonds. The van der Waals surface area contributed by atoms with Gasteiger partial charge in [0, 0.05) is 50.7 Å². The first kappa shape index (κ1) is 15.7. The summed E-state index contributed by atoms with van der Waals surface area (Å²) in [5, 5.41) is 4.28. The molecular formula is C18H24N4O2. The van der Waals surface area contributed by atoms with Gasteiger partial charge in [0.25, 0.3) is 0 Å². The van der Waals surface area contributed by atoms with Gasteiger partial charge in [0.15, 0.2) is 0 Å². The molecular weight excluding hydrogens is 304 g/mol. The number of hydrogen-bond donors (Lipinski definition) is 0. The van der Waals surface area contributed by atoms with E-state index in [9.17, 15) is 0 Å². The Kier molecular flexibility index (Phi) is 4.60. The molecule has 0 unspecified atom stereocenters. The largest absolute Gasteiger partial charge is 0.374 e. The van der Waals surface area contributed by atoms with Gasteiger partial charge in [-0.2, -0.15) is 5.10 Å². The van der Waals surface area contributed by atoms with Crippen molar-refractivity contribution in [2.24, 2.45) is 7.05 Å². The van der Waals surface area contributed by atoms with E-state index in [-0.39, 0.29) is 12.2 Å². The number of ether oxygens (including phenoxy) is 2. The summed E-state index contributed by atoms with van der Waals surface area (Å²) < 4.78 is 14.1. The third kappa shape index (κ3) is 3.36. The standard InChI is InChI=1S/C18H24N4O2/c1-21-10-14(9-20-21)11-22-12-17(18-16(22)6-4-8-23-18)24-13-15-5-2-3-7-19-15/h2-3,5,7,9-10,16-18H,4,6,8,11-13H2,1H3/t16-,17-,18+/m1/s1. The molecule has 4 heterocycles. The van der Waals surface area contributed by atoms with E-state index in [1.165, 1.54) is 12.0 Å². The van der Waals surface area contributed by atoms with Crippen molar-refractivity contribution in [1.29, 1.82) is 0 Å². The summed E-state index contributed by atoms with van der Waals surface area (Å²) >= 11 is 0. The second kappa shape index (κ2) is 7.01. The van der Waals surface area contributed by atoms with Crippen LogP contribution in [0.25, 0.3) is 0 Å². The fraction of sp³-hybridized carbons (Fsp3) is 0.556. The van der Waals surface area contributed by atoms with Crippen LogP contribution in [-0.4, -0.2) is 51.1 Å². The molecule has 2 saturated heterocycles. The quantitative estimate of drug-likeness (QED) is 0.837. The van der Waals surface area contributed by atoms with Crippen molar-refractivity contribution >= 4 is 0 Å². The molecule has 3 atom stereocenters. The number of likely N-dealkylation sites (tertiary alicyclic amines) is 1. The predicted molar refractivity (Wildman–Crippen MR) is 89.2 cm³/mol. The Hall–Kier alpha value is -1.76. The van der Waals surface area contributed by atoms with Gasteiger partial charge in [-0.25, -0.2) is 0 Å². The summed E-state index contributed by atoms with van der Waals surface area (Å²) in [7, 11) is 1.96. The fourth-order valence-corrected chi connectivity index (χ4v) is 3.80. The van der Waals surface area contributed by atoms with Crippen molar-refractivity contribution in [3.8, 4) is 0 Å². The van der Waals surface area contributed by atoms with Crippen molar-refractivity contribution in [3.63, 3.8) is 0 Å². The Balaban J connectivity index is 1.42. The lowest BCUT2D eigenvalue weighted by molar-refractivity contribution is -0.0824. The highest BCUT2D eigenvalue weighted by Gasteiger charge is 2.44. The van der Waals surface area contributed by atoms with E-state index >= 15 is 0 Å². The highest BCUT2D eigenvalue weighted by Crippen LogP contribution is 2.32. The summed E-state index contributed by atoms with van der Waals surface area (Å²) in [6.07, 6.45) is 8.41. The van der Waals surface area contributed by atoms with E-state index in [0.29, 0.717) is 12.6 Å². The van der Waals surface area contributed by atoms with Gasteiger partial charge in [-0.05, 0) is 25.0 Å². The molecule has 128 valence electrons. The van der Waals surface area contributed by atoms with E-state index in [1.54, 1.807) is 0 Å². The fourth-order valence-electron chi connectivity index (χ4n) is 3.80. The molecule has 0 radical (unpaired) electrons. The van der Waals surface area contributed by atoms with Crippen molar-refractivity contribution in [1.82, 2.24) is 19.7 Å². The van der Waals surface area contributed by atoms with Crippen molar-refractivity contribution in [3.05, 3.63) is 48.0 Å². The maximum absolute atomic E-state index is 6.18. The molecule has 0 aromatic carbocycles. The van der Waals surface area contributed by atoms with Crippen molar-refractivity contribution in [2.75, 3.05) is 13.2 Å². The van der Waals surface area contributed by atoms with Gasteiger partial charge in [0.2, 0.25) is 0 Å². The Labute approximate surface area is 142 Å². The number of hydrogen-bond acceptors (Lipinski definition) is 5. The minimum atomic E-state index is 0.106. The molecule has 2 fully saturated rings. The molecule has 0 aliphatic carbocycles. The minimum Gasteiger partial charge on any atom is -0.374 e. The first-order valence-electron chi connectivity index (χ1n) is 8.64. The molecule has 0 spiro atoms. The summed E-state index contributed by atoms with van der Waals surface area (Å²) in [6, 6.07) is 6.36. The predicted octanol–water partition coefficient (Wildman–Crippen LogP) is 1.76. The second-order valence-electron chi connectivity index (χ2n) is 6.67. The average molecular weight is 328 g/mol. The molecule has 2 aliphatic heterocycles. The molecule has 6 heteroatoms. The lowest BCUT2D eigenvalue weighted by Crippen LogP contribution is -2.41. The third-order valence-corrected chi connectivity index (χ3v) is 4.90. The molecule has 0 N–H and O–H groups in total. The second-order valence-corrected chi connectivity index (χ2v) is 6.67. The average Bonchev–Trinajstić information content (AvgIpc) is 3.18. The Morgan fingerprint density at radius 1 is 1.38 bits per heavy atom. The molecule has 2 aromatic heterocycles. The zero-order valence-corrected chi connectivity index (χ0v) is 14.0. The van der Waals surface area contributed by atoms with Gasteiger partial charge in [-0.1, -0.05) is 6.07 Å². The SMILES string of the molecule is Cn1cc(CN2C[C@@H](OCc3ccccn3)[C@H]3OCCC[C@H]32)cn1. The van der Waals surface area contributed by atoms with Crippen LogP contribution in [0.2, 0.25) is 0 Å². The Morgan fingerprint density at radius 3 is 3.12 bits per heavy atom. The van der Waals surface area contributed by atoms with E-state index in [1.807, 2.05) is 42.3 Å². The Morgan fingerprint density at radius 2 is 2.33 bits per heavy atom. The third-order valence-electron chi connectivity index (χ3n) is 4.90. The van der Waals surface area contributed by atoms with Crippen LogP contribution < -0.4 is 0 Å². The van der Waals surface area contributed by atoms with Crippen LogP contribution in [0, 0.1) is 0 Å². The topological polar surface area (TPSA) is 52.4 Å². The van der Waals surface area contributed by atoms with Crippen LogP contribution in [0.3, 0.4) is 0 Å². The number of pyridine rings is 1. The monoisotopic (exact) mass is 328 g/mol. The summed E-state index contributed by atoms with van der Waals surface area (Å²) in [5.41, 5.74) is 2.21. The first-order valence-corrected chi connectivity index (χ1v) is 8.64. The molecule has 6 nitrogen and oxygen atoms in total. The zero-order valence-electron chi connectivity index (χ0n) is 14.0. The number of aromatic nitrogens is 3. The number of aryl methyl sites for hydroxylation is 1. The molecule has 2 aliphatic rings. The first-order chi connectivity index (χ1) is 11.8. The molecule has 24 heavy (non-hydrogen) atoms. The zero-order chi connectivity index (χ0) is 16.4. The highest BCUT2D eigenvalue weighted by molar-refractivity contribution is 5.07. The molecule has 4 rings (SSSR count). The van der Waals surface area contributed by atoms with Crippen LogP contribution in [0.15, 0.2) is 36.8 Å². The highest BCUT2D eigenvalue weighted by atomic mass is 16.5. The summed E-state index contributed by atoms with van der Waals surface area (Å²) in [4.78, 5) is 6.83.